The predicted octanol–water partition coefficient (Wildman–Crippen LogP) is 5.62. The predicted molar refractivity (Wildman–Crippen MR) is 92.7 cm³/mol. The molecule has 0 amide bonds. The lowest BCUT2D eigenvalue weighted by molar-refractivity contribution is 0.808. The number of halogens is 1. The molecule has 1 heteroatoms. The van der Waals surface area contributed by atoms with Crippen LogP contribution in [-0.2, 0) is 12.8 Å². The van der Waals surface area contributed by atoms with E-state index in [0.717, 1.165) is 17.9 Å². The molecule has 1 atom stereocenters. The van der Waals surface area contributed by atoms with Crippen LogP contribution in [0.5, 0.6) is 0 Å². The summed E-state index contributed by atoms with van der Waals surface area (Å²) in [6.07, 6.45) is 2.05. The second kappa shape index (κ2) is 5.62. The lowest BCUT2D eigenvalue weighted by Crippen LogP contribution is -2.05. The maximum atomic E-state index is 6.23. The van der Waals surface area contributed by atoms with Crippen LogP contribution in [-0.4, -0.2) is 0 Å². The molecule has 0 radical (unpaired) electrons. The topological polar surface area (TPSA) is 0 Å². The lowest BCUT2D eigenvalue weighted by atomic mass is 9.85. The monoisotopic (exact) mass is 304 g/mol. The van der Waals surface area contributed by atoms with E-state index in [1.807, 2.05) is 6.07 Å². The molecule has 1 unspecified atom stereocenters. The van der Waals surface area contributed by atoms with Crippen LogP contribution in [0, 0.1) is 0 Å². The van der Waals surface area contributed by atoms with Gasteiger partial charge in [0, 0.05) is 10.9 Å². The van der Waals surface area contributed by atoms with Gasteiger partial charge >= 0.3 is 0 Å². The molecule has 108 valence electrons. The Hall–Kier alpha value is -2.05. The summed E-state index contributed by atoms with van der Waals surface area (Å²) >= 11 is 6.23. The molecule has 0 saturated carbocycles. The van der Waals surface area contributed by atoms with Crippen molar-refractivity contribution in [3.8, 4) is 0 Å². The molecular weight excluding hydrogens is 288 g/mol. The molecule has 4 rings (SSSR count). The normalized spacial score (nSPS) is 16.5. The van der Waals surface area contributed by atoms with Gasteiger partial charge in [-0.25, -0.2) is 0 Å². The molecule has 3 aromatic rings. The van der Waals surface area contributed by atoms with Gasteiger partial charge in [-0.05, 0) is 52.8 Å². The molecule has 3 aromatic carbocycles. The summed E-state index contributed by atoms with van der Waals surface area (Å²) in [5.74, 6) is 0.374. The zero-order chi connectivity index (χ0) is 14.9. The van der Waals surface area contributed by atoms with Gasteiger partial charge in [0.2, 0.25) is 0 Å². The first-order valence-electron chi connectivity index (χ1n) is 7.71. The molecule has 0 nitrogen and oxygen atoms in total. The van der Waals surface area contributed by atoms with Crippen LogP contribution < -0.4 is 0 Å². The minimum Gasteiger partial charge on any atom is -0.0843 e. The SMILES string of the molecule is Clc1cccc(C2Cc3ccccc3Cc3ccccc32)c1. The number of hydrogen-bond acceptors (Lipinski definition) is 0. The minimum absolute atomic E-state index is 0.374. The highest BCUT2D eigenvalue weighted by Crippen LogP contribution is 2.36. The van der Waals surface area contributed by atoms with Gasteiger partial charge < -0.3 is 0 Å². The smallest absolute Gasteiger partial charge is 0.0408 e. The van der Waals surface area contributed by atoms with E-state index in [4.69, 9.17) is 11.6 Å². The Morgan fingerprint density at radius 3 is 2.27 bits per heavy atom. The highest BCUT2D eigenvalue weighted by atomic mass is 35.5. The van der Waals surface area contributed by atoms with Crippen LogP contribution in [0.4, 0.5) is 0 Å². The molecule has 0 aromatic heterocycles. The van der Waals surface area contributed by atoms with Crippen molar-refractivity contribution in [1.29, 1.82) is 0 Å². The van der Waals surface area contributed by atoms with Gasteiger partial charge in [-0.15, -0.1) is 0 Å². The third kappa shape index (κ3) is 2.44. The van der Waals surface area contributed by atoms with E-state index in [0.29, 0.717) is 5.92 Å². The summed E-state index contributed by atoms with van der Waals surface area (Å²) in [5, 5.41) is 0.813. The molecule has 0 spiro atoms. The van der Waals surface area contributed by atoms with E-state index in [1.54, 1.807) is 0 Å². The van der Waals surface area contributed by atoms with Crippen LogP contribution >= 0.6 is 11.6 Å². The van der Waals surface area contributed by atoms with Crippen LogP contribution in [0.2, 0.25) is 5.02 Å². The molecule has 0 saturated heterocycles. The second-order valence-corrected chi connectivity index (χ2v) is 6.39. The van der Waals surface area contributed by atoms with E-state index in [2.05, 4.69) is 66.7 Å². The number of rotatable bonds is 1. The van der Waals surface area contributed by atoms with Crippen molar-refractivity contribution in [2.45, 2.75) is 18.8 Å². The molecule has 0 heterocycles. The first kappa shape index (κ1) is 13.6. The Labute approximate surface area is 136 Å². The second-order valence-electron chi connectivity index (χ2n) is 5.96. The maximum Gasteiger partial charge on any atom is 0.0408 e. The summed E-state index contributed by atoms with van der Waals surface area (Å²) in [6.45, 7) is 0. The molecule has 0 fully saturated rings. The van der Waals surface area contributed by atoms with Crippen molar-refractivity contribution in [1.82, 2.24) is 0 Å². The Morgan fingerprint density at radius 1 is 0.727 bits per heavy atom. The molecular formula is C21H17Cl. The van der Waals surface area contributed by atoms with E-state index in [1.165, 1.54) is 27.8 Å². The maximum absolute atomic E-state index is 6.23. The molecule has 22 heavy (non-hydrogen) atoms. The Kier molecular flexibility index (Phi) is 3.48. The van der Waals surface area contributed by atoms with Crippen LogP contribution in [0.1, 0.15) is 33.7 Å². The summed E-state index contributed by atoms with van der Waals surface area (Å²) in [4.78, 5) is 0. The van der Waals surface area contributed by atoms with Crippen LogP contribution in [0.3, 0.4) is 0 Å². The Balaban J connectivity index is 1.90. The lowest BCUT2D eigenvalue weighted by Gasteiger charge is -2.19. The van der Waals surface area contributed by atoms with Crippen LogP contribution in [0.15, 0.2) is 72.8 Å². The van der Waals surface area contributed by atoms with Gasteiger partial charge in [0.05, 0.1) is 0 Å². The summed E-state index contributed by atoms with van der Waals surface area (Å²) in [6, 6.07) is 25.9. The fraction of sp³-hybridized carbons (Fsp3) is 0.143. The average Bonchev–Trinajstić information content (AvgIpc) is 2.71. The summed E-state index contributed by atoms with van der Waals surface area (Å²) in [5.41, 5.74) is 7.05. The average molecular weight is 305 g/mol. The summed E-state index contributed by atoms with van der Waals surface area (Å²) in [7, 11) is 0. The fourth-order valence-electron chi connectivity index (χ4n) is 3.52. The number of hydrogen-bond donors (Lipinski definition) is 0. The number of benzene rings is 3. The first-order valence-corrected chi connectivity index (χ1v) is 8.09. The van der Waals surface area contributed by atoms with Crippen molar-refractivity contribution in [2.24, 2.45) is 0 Å². The highest BCUT2D eigenvalue weighted by molar-refractivity contribution is 6.30. The van der Waals surface area contributed by atoms with Gasteiger partial charge in [-0.1, -0.05) is 72.3 Å². The largest absolute Gasteiger partial charge is 0.0843 e. The molecule has 0 aliphatic heterocycles. The van der Waals surface area contributed by atoms with Crippen molar-refractivity contribution >= 4 is 11.6 Å². The van der Waals surface area contributed by atoms with E-state index in [9.17, 15) is 0 Å². The standard InChI is InChI=1S/C21H17Cl/c22-19-10-5-9-18(13-19)21-14-16-7-2-1-6-15(16)12-17-8-3-4-11-20(17)21/h1-11,13,21H,12,14H2. The third-order valence-electron chi connectivity index (χ3n) is 4.60. The van der Waals surface area contributed by atoms with Crippen molar-refractivity contribution in [3.63, 3.8) is 0 Å². The van der Waals surface area contributed by atoms with Crippen molar-refractivity contribution < 1.29 is 0 Å². The number of fused-ring (bicyclic) bond motifs is 2. The highest BCUT2D eigenvalue weighted by Gasteiger charge is 2.23. The molecule has 0 N–H and O–H groups in total. The van der Waals surface area contributed by atoms with E-state index >= 15 is 0 Å². The van der Waals surface area contributed by atoms with Crippen molar-refractivity contribution in [3.05, 3.63) is 106 Å². The third-order valence-corrected chi connectivity index (χ3v) is 4.84. The quantitative estimate of drug-likeness (QED) is 0.547. The van der Waals surface area contributed by atoms with Crippen molar-refractivity contribution in [2.75, 3.05) is 0 Å². The van der Waals surface area contributed by atoms with Gasteiger partial charge in [-0.2, -0.15) is 0 Å². The van der Waals surface area contributed by atoms with Gasteiger partial charge in [-0.3, -0.25) is 0 Å². The zero-order valence-electron chi connectivity index (χ0n) is 12.3. The van der Waals surface area contributed by atoms with Gasteiger partial charge in [0.15, 0.2) is 0 Å². The fourth-order valence-corrected chi connectivity index (χ4v) is 3.72. The molecule has 0 bridgehead atoms. The Bertz CT molecular complexity index is 819. The molecule has 1 aliphatic carbocycles. The van der Waals surface area contributed by atoms with Gasteiger partial charge in [0.25, 0.3) is 0 Å². The van der Waals surface area contributed by atoms with Gasteiger partial charge in [0.1, 0.15) is 0 Å². The Morgan fingerprint density at radius 2 is 1.45 bits per heavy atom. The van der Waals surface area contributed by atoms with E-state index < -0.39 is 0 Å². The minimum atomic E-state index is 0.374. The zero-order valence-corrected chi connectivity index (χ0v) is 13.1. The first-order chi connectivity index (χ1) is 10.8. The molecule has 1 aliphatic rings. The van der Waals surface area contributed by atoms with Crippen LogP contribution in [0.25, 0.3) is 0 Å². The van der Waals surface area contributed by atoms with E-state index in [-0.39, 0.29) is 0 Å². The summed E-state index contributed by atoms with van der Waals surface area (Å²) < 4.78 is 0.